The van der Waals surface area contributed by atoms with Crippen LogP contribution in [0.5, 0.6) is 0 Å². The predicted octanol–water partition coefficient (Wildman–Crippen LogP) is 3.07. The van der Waals surface area contributed by atoms with Crippen molar-refractivity contribution in [3.05, 3.63) is 29.3 Å². The predicted molar refractivity (Wildman–Crippen MR) is 78.9 cm³/mol. The van der Waals surface area contributed by atoms with Gasteiger partial charge in [-0.15, -0.1) is 0 Å². The average molecular weight is 264 g/mol. The molecule has 0 unspecified atom stereocenters. The largest absolute Gasteiger partial charge is 0.359 e. The molecular weight excluding hydrogens is 244 g/mol. The van der Waals surface area contributed by atoms with Crippen LogP contribution in [-0.2, 0) is 4.74 Å². The zero-order valence-electron chi connectivity index (χ0n) is 11.4. The molecule has 1 fully saturated rings. The molecule has 1 aliphatic rings. The molecule has 0 amide bonds. The molecule has 1 N–H and O–H groups in total. The lowest BCUT2D eigenvalue weighted by Gasteiger charge is -2.31. The minimum atomic E-state index is -0.0379. The van der Waals surface area contributed by atoms with Crippen molar-refractivity contribution in [3.8, 4) is 0 Å². The second-order valence-electron chi connectivity index (χ2n) is 5.45. The van der Waals surface area contributed by atoms with Gasteiger partial charge >= 0.3 is 0 Å². The first-order chi connectivity index (χ1) is 8.40. The number of hydrogen-bond donors (Lipinski definition) is 1. The maximum Gasteiger partial charge on any atom is 0.175 e. The summed E-state index contributed by atoms with van der Waals surface area (Å²) in [7, 11) is 0. The Morgan fingerprint density at radius 1 is 1.33 bits per heavy atom. The summed E-state index contributed by atoms with van der Waals surface area (Å²) in [5.41, 5.74) is 3.55. The van der Waals surface area contributed by atoms with Gasteiger partial charge in [-0.1, -0.05) is 6.07 Å². The molecule has 4 heteroatoms. The number of rotatable bonds is 1. The molecule has 0 spiro atoms. The minimum Gasteiger partial charge on any atom is -0.359 e. The Morgan fingerprint density at radius 2 is 2.06 bits per heavy atom. The molecule has 0 radical (unpaired) electrons. The highest BCUT2D eigenvalue weighted by molar-refractivity contribution is 7.80. The van der Waals surface area contributed by atoms with Gasteiger partial charge in [0.05, 0.1) is 12.1 Å². The topological polar surface area (TPSA) is 24.5 Å². The van der Waals surface area contributed by atoms with E-state index in [1.165, 1.54) is 11.1 Å². The van der Waals surface area contributed by atoms with E-state index >= 15 is 0 Å². The third-order valence-corrected chi connectivity index (χ3v) is 3.73. The van der Waals surface area contributed by atoms with Gasteiger partial charge < -0.3 is 15.0 Å². The zero-order valence-corrected chi connectivity index (χ0v) is 12.2. The molecule has 18 heavy (non-hydrogen) atoms. The Kier molecular flexibility index (Phi) is 3.59. The van der Waals surface area contributed by atoms with Crippen molar-refractivity contribution in [2.45, 2.75) is 33.2 Å². The van der Waals surface area contributed by atoms with E-state index in [4.69, 9.17) is 17.0 Å². The molecule has 1 aliphatic heterocycles. The molecule has 1 aromatic carbocycles. The summed E-state index contributed by atoms with van der Waals surface area (Å²) in [5, 5.41) is 4.01. The highest BCUT2D eigenvalue weighted by atomic mass is 32.1. The Balaban J connectivity index is 2.09. The van der Waals surface area contributed by atoms with Gasteiger partial charge in [0, 0.05) is 5.69 Å². The van der Waals surface area contributed by atoms with Gasteiger partial charge in [0.2, 0.25) is 0 Å². The fourth-order valence-electron chi connectivity index (χ4n) is 1.98. The first-order valence-electron chi connectivity index (χ1n) is 6.14. The van der Waals surface area contributed by atoms with E-state index in [0.717, 1.165) is 10.8 Å². The van der Waals surface area contributed by atoms with Gasteiger partial charge in [-0.2, -0.15) is 0 Å². The van der Waals surface area contributed by atoms with E-state index in [0.29, 0.717) is 13.3 Å². The molecule has 0 aromatic heterocycles. The minimum absolute atomic E-state index is 0.0379. The third kappa shape index (κ3) is 2.65. The summed E-state index contributed by atoms with van der Waals surface area (Å²) in [4.78, 5) is 2.08. The van der Waals surface area contributed by atoms with E-state index in [2.05, 4.69) is 56.1 Å². The number of aryl methyl sites for hydroxylation is 2. The van der Waals surface area contributed by atoms with Crippen LogP contribution in [0.25, 0.3) is 0 Å². The van der Waals surface area contributed by atoms with Crippen LogP contribution in [0.15, 0.2) is 18.2 Å². The van der Waals surface area contributed by atoms with Crippen molar-refractivity contribution in [3.63, 3.8) is 0 Å². The summed E-state index contributed by atoms with van der Waals surface area (Å²) < 4.78 is 5.47. The lowest BCUT2D eigenvalue weighted by Crippen LogP contribution is -2.46. The summed E-state index contributed by atoms with van der Waals surface area (Å²) in [5.74, 6) is 0. The monoisotopic (exact) mass is 264 g/mol. The van der Waals surface area contributed by atoms with Crippen molar-refractivity contribution in [2.24, 2.45) is 0 Å². The van der Waals surface area contributed by atoms with E-state index in [9.17, 15) is 0 Å². The fourth-order valence-corrected chi connectivity index (χ4v) is 2.40. The lowest BCUT2D eigenvalue weighted by molar-refractivity contribution is 0.169. The van der Waals surface area contributed by atoms with Gasteiger partial charge in [0.1, 0.15) is 6.73 Å². The van der Waals surface area contributed by atoms with E-state index in [-0.39, 0.29) is 5.54 Å². The second-order valence-corrected chi connectivity index (χ2v) is 5.83. The van der Waals surface area contributed by atoms with Crippen LogP contribution < -0.4 is 5.32 Å². The number of nitrogens with one attached hydrogen (secondary N) is 1. The maximum absolute atomic E-state index is 5.47. The van der Waals surface area contributed by atoms with Crippen LogP contribution in [0.2, 0.25) is 0 Å². The molecule has 0 saturated carbocycles. The van der Waals surface area contributed by atoms with Crippen molar-refractivity contribution in [2.75, 3.05) is 18.7 Å². The van der Waals surface area contributed by atoms with Crippen LogP contribution in [0, 0.1) is 13.8 Å². The van der Waals surface area contributed by atoms with Crippen LogP contribution in [-0.4, -0.2) is 28.9 Å². The Labute approximate surface area is 114 Å². The van der Waals surface area contributed by atoms with Crippen LogP contribution in [0.3, 0.4) is 0 Å². The number of hydrogen-bond acceptors (Lipinski definition) is 2. The van der Waals surface area contributed by atoms with Gasteiger partial charge in [-0.05, 0) is 63.2 Å². The summed E-state index contributed by atoms with van der Waals surface area (Å²) >= 11 is 5.46. The van der Waals surface area contributed by atoms with Gasteiger partial charge in [0.25, 0.3) is 0 Å². The number of thiocarbonyl (C=S) groups is 1. The first kappa shape index (κ1) is 13.3. The van der Waals surface area contributed by atoms with Crippen LogP contribution in [0.1, 0.15) is 25.0 Å². The molecule has 98 valence electrons. The van der Waals surface area contributed by atoms with Crippen molar-refractivity contribution in [1.82, 2.24) is 4.90 Å². The molecule has 1 saturated heterocycles. The summed E-state index contributed by atoms with van der Waals surface area (Å²) in [6.45, 7) is 9.75. The quantitative estimate of drug-likeness (QED) is 0.788. The Bertz CT molecular complexity index is 471. The van der Waals surface area contributed by atoms with Crippen LogP contribution in [0.4, 0.5) is 5.69 Å². The van der Waals surface area contributed by atoms with Crippen molar-refractivity contribution >= 4 is 23.0 Å². The molecule has 1 aromatic rings. The van der Waals surface area contributed by atoms with Gasteiger partial charge in [-0.3, -0.25) is 0 Å². The lowest BCUT2D eigenvalue weighted by atomic mass is 10.1. The van der Waals surface area contributed by atoms with E-state index < -0.39 is 0 Å². The van der Waals surface area contributed by atoms with Gasteiger partial charge in [-0.25, -0.2) is 0 Å². The summed E-state index contributed by atoms with van der Waals surface area (Å²) in [6, 6.07) is 6.27. The first-order valence-corrected chi connectivity index (χ1v) is 6.54. The average Bonchev–Trinajstić information content (AvgIpc) is 2.63. The molecule has 3 nitrogen and oxygen atoms in total. The molecule has 1 heterocycles. The maximum atomic E-state index is 5.47. The number of ether oxygens (including phenoxy) is 1. The molecule has 0 bridgehead atoms. The Hall–Kier alpha value is -1.13. The van der Waals surface area contributed by atoms with E-state index in [1.807, 2.05) is 0 Å². The SMILES string of the molecule is Cc1ccc(NC(=S)N2COCC2(C)C)cc1C. The number of anilines is 1. The second kappa shape index (κ2) is 4.86. The van der Waals surface area contributed by atoms with Gasteiger partial charge in [0.15, 0.2) is 5.11 Å². The summed E-state index contributed by atoms with van der Waals surface area (Å²) in [6.07, 6.45) is 0. The number of benzene rings is 1. The van der Waals surface area contributed by atoms with E-state index in [1.54, 1.807) is 0 Å². The molecule has 0 aliphatic carbocycles. The highest BCUT2D eigenvalue weighted by Crippen LogP contribution is 2.23. The molecule has 0 atom stereocenters. The van der Waals surface area contributed by atoms with Crippen LogP contribution >= 0.6 is 12.2 Å². The highest BCUT2D eigenvalue weighted by Gasteiger charge is 2.34. The smallest absolute Gasteiger partial charge is 0.175 e. The standard InChI is InChI=1S/C14H20N2OS/c1-10-5-6-12(7-11(10)2)15-13(18)16-9-17-8-14(16,3)4/h5-7H,8-9H2,1-4H3,(H,15,18). The zero-order chi connectivity index (χ0) is 13.3. The normalized spacial score (nSPS) is 17.9. The Morgan fingerprint density at radius 3 is 2.61 bits per heavy atom. The van der Waals surface area contributed by atoms with Crippen molar-refractivity contribution < 1.29 is 4.74 Å². The third-order valence-electron chi connectivity index (χ3n) is 3.41. The fraction of sp³-hybridized carbons (Fsp3) is 0.500. The van der Waals surface area contributed by atoms with Crippen molar-refractivity contribution in [1.29, 1.82) is 0 Å². The number of nitrogens with zero attached hydrogens (tertiary/aromatic N) is 1. The molecule has 2 rings (SSSR count). The molecular formula is C14H20N2OS.